The summed E-state index contributed by atoms with van der Waals surface area (Å²) in [6.45, 7) is 3.22. The van der Waals surface area contributed by atoms with Crippen LogP contribution in [0.2, 0.25) is 0 Å². The Morgan fingerprint density at radius 1 is 1.53 bits per heavy atom. The second-order valence-corrected chi connectivity index (χ2v) is 4.19. The van der Waals surface area contributed by atoms with E-state index in [1.807, 2.05) is 0 Å². The van der Waals surface area contributed by atoms with Gasteiger partial charge in [0.15, 0.2) is 0 Å². The van der Waals surface area contributed by atoms with Crippen molar-refractivity contribution in [2.24, 2.45) is 0 Å². The van der Waals surface area contributed by atoms with E-state index in [2.05, 4.69) is 22.0 Å². The van der Waals surface area contributed by atoms with Crippen molar-refractivity contribution in [2.45, 2.75) is 38.6 Å². The van der Waals surface area contributed by atoms with Gasteiger partial charge in [0.2, 0.25) is 5.89 Å². The van der Waals surface area contributed by atoms with Crippen LogP contribution in [-0.2, 0) is 6.42 Å². The number of anilines is 1. The van der Waals surface area contributed by atoms with E-state index in [-0.39, 0.29) is 0 Å². The topological polar surface area (TPSA) is 42.2 Å². The molecule has 1 aromatic heterocycles. The molecule has 2 rings (SSSR count). The van der Waals surface area contributed by atoms with Crippen molar-refractivity contribution >= 4 is 17.6 Å². The number of rotatable bonds is 4. The molecule has 0 N–H and O–H groups in total. The molecule has 0 bridgehead atoms. The fourth-order valence-electron chi connectivity index (χ4n) is 2.05. The van der Waals surface area contributed by atoms with Gasteiger partial charge in [0.1, 0.15) is 0 Å². The van der Waals surface area contributed by atoms with Crippen LogP contribution < -0.4 is 4.90 Å². The van der Waals surface area contributed by atoms with Gasteiger partial charge in [-0.05, 0) is 19.3 Å². The van der Waals surface area contributed by atoms with E-state index in [4.69, 9.17) is 16.0 Å². The molecule has 0 aliphatic carbocycles. The normalized spacial score (nSPS) is 21.2. The summed E-state index contributed by atoms with van der Waals surface area (Å²) >= 11 is 5.62. The van der Waals surface area contributed by atoms with Gasteiger partial charge in [-0.25, -0.2) is 0 Å². The zero-order chi connectivity index (χ0) is 10.7. The molecule has 15 heavy (non-hydrogen) atoms. The molecule has 1 aliphatic heterocycles. The molecule has 1 fully saturated rings. The number of alkyl halides is 1. The second kappa shape index (κ2) is 4.84. The van der Waals surface area contributed by atoms with Crippen molar-refractivity contribution in [3.8, 4) is 0 Å². The third-order valence-corrected chi connectivity index (χ3v) is 3.05. The summed E-state index contributed by atoms with van der Waals surface area (Å²) in [6, 6.07) is 1.23. The first-order chi connectivity index (χ1) is 7.35. The minimum absolute atomic E-state index is 0.527. The minimum atomic E-state index is 0.527. The highest BCUT2D eigenvalue weighted by molar-refractivity contribution is 6.17. The Hall–Kier alpha value is -0.770. The summed E-state index contributed by atoms with van der Waals surface area (Å²) in [5.41, 5.74) is 0. The Morgan fingerprint density at radius 2 is 2.40 bits per heavy atom. The average Bonchev–Trinajstić information content (AvgIpc) is 2.84. The van der Waals surface area contributed by atoms with E-state index in [1.165, 1.54) is 12.8 Å². The van der Waals surface area contributed by atoms with Gasteiger partial charge >= 0.3 is 6.01 Å². The largest absolute Gasteiger partial charge is 0.408 e. The molecule has 1 aromatic rings. The highest BCUT2D eigenvalue weighted by Gasteiger charge is 2.26. The SMILES string of the molecule is CCC1CCCN1c1nnc(CCCl)o1. The van der Waals surface area contributed by atoms with Gasteiger partial charge in [0, 0.05) is 24.9 Å². The van der Waals surface area contributed by atoms with Crippen LogP contribution in [0.5, 0.6) is 0 Å². The molecule has 0 amide bonds. The monoisotopic (exact) mass is 229 g/mol. The van der Waals surface area contributed by atoms with Crippen molar-refractivity contribution in [3.05, 3.63) is 5.89 Å². The average molecular weight is 230 g/mol. The Labute approximate surface area is 94.6 Å². The van der Waals surface area contributed by atoms with Crippen molar-refractivity contribution in [1.82, 2.24) is 10.2 Å². The van der Waals surface area contributed by atoms with Crippen LogP contribution in [0, 0.1) is 0 Å². The quantitative estimate of drug-likeness (QED) is 0.743. The smallest absolute Gasteiger partial charge is 0.318 e. The molecule has 0 radical (unpaired) electrons. The molecular formula is C10H16ClN3O. The van der Waals surface area contributed by atoms with Crippen LogP contribution in [0.3, 0.4) is 0 Å². The summed E-state index contributed by atoms with van der Waals surface area (Å²) in [5, 5.41) is 8.04. The molecule has 0 aromatic carbocycles. The number of aromatic nitrogens is 2. The lowest BCUT2D eigenvalue weighted by Crippen LogP contribution is -2.28. The van der Waals surface area contributed by atoms with E-state index in [9.17, 15) is 0 Å². The molecule has 1 atom stereocenters. The van der Waals surface area contributed by atoms with Gasteiger partial charge in [-0.1, -0.05) is 12.0 Å². The Morgan fingerprint density at radius 3 is 3.13 bits per heavy atom. The third kappa shape index (κ3) is 2.25. The highest BCUT2D eigenvalue weighted by Crippen LogP contribution is 2.25. The summed E-state index contributed by atoms with van der Waals surface area (Å²) in [5.74, 6) is 1.17. The van der Waals surface area contributed by atoms with Gasteiger partial charge in [0.05, 0.1) is 0 Å². The zero-order valence-corrected chi connectivity index (χ0v) is 9.70. The van der Waals surface area contributed by atoms with Gasteiger partial charge in [-0.3, -0.25) is 0 Å². The van der Waals surface area contributed by atoms with Crippen LogP contribution in [0.25, 0.3) is 0 Å². The Bertz CT molecular complexity index is 315. The standard InChI is InChI=1S/C10H16ClN3O/c1-2-8-4-3-7-14(8)10-13-12-9(15-10)5-6-11/h8H,2-7H2,1H3. The maximum Gasteiger partial charge on any atom is 0.318 e. The third-order valence-electron chi connectivity index (χ3n) is 2.86. The number of nitrogens with zero attached hydrogens (tertiary/aromatic N) is 3. The van der Waals surface area contributed by atoms with Gasteiger partial charge in [-0.2, -0.15) is 0 Å². The Kier molecular flexibility index (Phi) is 3.46. The fourth-order valence-corrected chi connectivity index (χ4v) is 2.22. The molecule has 1 saturated heterocycles. The highest BCUT2D eigenvalue weighted by atomic mass is 35.5. The predicted octanol–water partition coefficient (Wildman–Crippen LogP) is 2.23. The lowest BCUT2D eigenvalue weighted by Gasteiger charge is -2.20. The number of hydrogen-bond acceptors (Lipinski definition) is 4. The molecule has 0 saturated carbocycles. The van der Waals surface area contributed by atoms with E-state index in [0.29, 0.717) is 30.2 Å². The van der Waals surface area contributed by atoms with Crippen molar-refractivity contribution in [1.29, 1.82) is 0 Å². The van der Waals surface area contributed by atoms with Crippen LogP contribution in [-0.4, -0.2) is 28.7 Å². The maximum absolute atomic E-state index is 5.62. The molecule has 1 aliphatic rings. The van der Waals surface area contributed by atoms with Gasteiger partial charge < -0.3 is 9.32 Å². The number of hydrogen-bond donors (Lipinski definition) is 0. The second-order valence-electron chi connectivity index (χ2n) is 3.82. The van der Waals surface area contributed by atoms with Crippen molar-refractivity contribution in [2.75, 3.05) is 17.3 Å². The Balaban J connectivity index is 2.07. The van der Waals surface area contributed by atoms with Crippen molar-refractivity contribution < 1.29 is 4.42 Å². The minimum Gasteiger partial charge on any atom is -0.408 e. The van der Waals surface area contributed by atoms with Crippen LogP contribution in [0.1, 0.15) is 32.1 Å². The fraction of sp³-hybridized carbons (Fsp3) is 0.800. The van der Waals surface area contributed by atoms with E-state index >= 15 is 0 Å². The maximum atomic E-state index is 5.62. The molecule has 0 spiro atoms. The molecule has 84 valence electrons. The first kappa shape index (κ1) is 10.7. The lowest BCUT2D eigenvalue weighted by molar-refractivity contribution is 0.479. The van der Waals surface area contributed by atoms with Gasteiger partial charge in [0.25, 0.3) is 0 Å². The molecule has 5 heteroatoms. The first-order valence-electron chi connectivity index (χ1n) is 5.50. The lowest BCUT2D eigenvalue weighted by atomic mass is 10.2. The molecule has 1 unspecified atom stereocenters. The van der Waals surface area contributed by atoms with E-state index in [1.54, 1.807) is 0 Å². The predicted molar refractivity (Wildman–Crippen MR) is 59.4 cm³/mol. The van der Waals surface area contributed by atoms with E-state index < -0.39 is 0 Å². The van der Waals surface area contributed by atoms with Crippen LogP contribution >= 0.6 is 11.6 Å². The summed E-state index contributed by atoms with van der Waals surface area (Å²) < 4.78 is 5.56. The summed E-state index contributed by atoms with van der Waals surface area (Å²) in [4.78, 5) is 2.21. The molecule has 4 nitrogen and oxygen atoms in total. The molecular weight excluding hydrogens is 214 g/mol. The zero-order valence-electron chi connectivity index (χ0n) is 8.95. The van der Waals surface area contributed by atoms with Crippen LogP contribution in [0.15, 0.2) is 4.42 Å². The first-order valence-corrected chi connectivity index (χ1v) is 6.03. The van der Waals surface area contributed by atoms with Crippen molar-refractivity contribution in [3.63, 3.8) is 0 Å². The van der Waals surface area contributed by atoms with Crippen LogP contribution in [0.4, 0.5) is 6.01 Å². The van der Waals surface area contributed by atoms with E-state index in [0.717, 1.165) is 13.0 Å². The summed E-state index contributed by atoms with van der Waals surface area (Å²) in [7, 11) is 0. The molecule has 2 heterocycles. The van der Waals surface area contributed by atoms with Gasteiger partial charge in [-0.15, -0.1) is 16.7 Å². The number of aryl methyl sites for hydroxylation is 1. The number of halogens is 1. The summed E-state index contributed by atoms with van der Waals surface area (Å²) in [6.07, 6.45) is 4.22.